The van der Waals surface area contributed by atoms with Crippen molar-refractivity contribution >= 4 is 23.3 Å². The maximum atomic E-state index is 11.4. The number of carbonyl (C=O) groups excluding carboxylic acids is 1. The second-order valence-corrected chi connectivity index (χ2v) is 5.66. The molecule has 1 atom stereocenters. The molecule has 1 aromatic heterocycles. The minimum atomic E-state index is -0.490. The minimum absolute atomic E-state index is 0.152. The number of hydrogen-bond acceptors (Lipinski definition) is 3. The molecule has 1 heterocycles. The number of aryl methyl sites for hydroxylation is 1. The van der Waals surface area contributed by atoms with Crippen LogP contribution in [0.5, 0.6) is 0 Å². The monoisotopic (exact) mass is 253 g/mol. The molecule has 2 N–H and O–H groups in total. The van der Waals surface area contributed by atoms with E-state index in [4.69, 9.17) is 0 Å². The molecule has 1 aromatic rings. The summed E-state index contributed by atoms with van der Waals surface area (Å²) in [6.07, 6.45) is 2.80. The van der Waals surface area contributed by atoms with E-state index in [9.17, 15) is 9.90 Å². The molecule has 0 spiro atoms. The van der Waals surface area contributed by atoms with Crippen LogP contribution < -0.4 is 5.32 Å². The van der Waals surface area contributed by atoms with Gasteiger partial charge in [0.1, 0.15) is 0 Å². The maximum Gasteiger partial charge on any atom is 0.244 e. The van der Waals surface area contributed by atoms with Crippen molar-refractivity contribution in [1.82, 2.24) is 5.32 Å². The lowest BCUT2D eigenvalue weighted by Crippen LogP contribution is -2.33. The molecule has 0 aliphatic rings. The first-order valence-electron chi connectivity index (χ1n) is 5.69. The summed E-state index contributed by atoms with van der Waals surface area (Å²) in [5.74, 6) is -0.0185. The van der Waals surface area contributed by atoms with Gasteiger partial charge < -0.3 is 10.4 Å². The molecular weight excluding hydrogens is 234 g/mol. The first kappa shape index (κ1) is 13.9. The van der Waals surface area contributed by atoms with Crippen LogP contribution in [0.1, 0.15) is 23.6 Å². The van der Waals surface area contributed by atoms with Crippen LogP contribution in [0.25, 0.3) is 6.08 Å². The van der Waals surface area contributed by atoms with Gasteiger partial charge in [-0.2, -0.15) is 0 Å². The average molecular weight is 253 g/mol. The molecule has 0 radical (unpaired) electrons. The van der Waals surface area contributed by atoms with Crippen LogP contribution >= 0.6 is 11.3 Å². The molecule has 3 nitrogen and oxygen atoms in total. The Morgan fingerprint density at radius 2 is 2.24 bits per heavy atom. The molecule has 0 aliphatic heterocycles. The third-order valence-electron chi connectivity index (χ3n) is 2.42. The molecule has 0 fully saturated rings. The van der Waals surface area contributed by atoms with Gasteiger partial charge in [0.15, 0.2) is 0 Å². The van der Waals surface area contributed by atoms with Gasteiger partial charge in [0.25, 0.3) is 0 Å². The molecule has 0 saturated heterocycles. The number of aliphatic hydroxyl groups is 1. The van der Waals surface area contributed by atoms with Crippen LogP contribution in [-0.2, 0) is 4.79 Å². The van der Waals surface area contributed by atoms with E-state index in [1.807, 2.05) is 32.9 Å². The van der Waals surface area contributed by atoms with Crippen LogP contribution in [0.4, 0.5) is 0 Å². The highest BCUT2D eigenvalue weighted by atomic mass is 32.1. The van der Waals surface area contributed by atoms with Gasteiger partial charge in [0.2, 0.25) is 5.91 Å². The second kappa shape index (κ2) is 6.57. The predicted molar refractivity (Wildman–Crippen MR) is 71.9 cm³/mol. The molecule has 94 valence electrons. The van der Waals surface area contributed by atoms with Crippen LogP contribution in [-0.4, -0.2) is 23.7 Å². The molecule has 0 aromatic carbocycles. The quantitative estimate of drug-likeness (QED) is 0.790. The van der Waals surface area contributed by atoms with Crippen molar-refractivity contribution in [2.75, 3.05) is 6.54 Å². The summed E-state index contributed by atoms with van der Waals surface area (Å²) in [6.45, 7) is 6.16. The van der Waals surface area contributed by atoms with E-state index in [0.29, 0.717) is 6.54 Å². The number of hydrogen-bond donors (Lipinski definition) is 2. The lowest BCUT2D eigenvalue weighted by atomic mass is 10.1. The SMILES string of the molecule is Cc1ccc(/C=C/C(=O)NCC(O)C(C)C)s1. The molecule has 1 unspecified atom stereocenters. The summed E-state index contributed by atoms with van der Waals surface area (Å²) in [6, 6.07) is 4.00. The van der Waals surface area contributed by atoms with E-state index in [1.54, 1.807) is 17.4 Å². The lowest BCUT2D eigenvalue weighted by molar-refractivity contribution is -0.117. The van der Waals surface area contributed by atoms with Gasteiger partial charge in [-0.15, -0.1) is 11.3 Å². The Balaban J connectivity index is 2.37. The average Bonchev–Trinajstić information content (AvgIpc) is 2.69. The smallest absolute Gasteiger partial charge is 0.244 e. The highest BCUT2D eigenvalue weighted by Gasteiger charge is 2.09. The Morgan fingerprint density at radius 1 is 1.53 bits per heavy atom. The zero-order chi connectivity index (χ0) is 12.8. The van der Waals surface area contributed by atoms with E-state index in [-0.39, 0.29) is 11.8 Å². The summed E-state index contributed by atoms with van der Waals surface area (Å²) in [4.78, 5) is 13.7. The van der Waals surface area contributed by atoms with Gasteiger partial charge in [-0.05, 0) is 31.1 Å². The lowest BCUT2D eigenvalue weighted by Gasteiger charge is -2.13. The zero-order valence-corrected chi connectivity index (χ0v) is 11.3. The van der Waals surface area contributed by atoms with Crippen LogP contribution in [0.2, 0.25) is 0 Å². The van der Waals surface area contributed by atoms with Crippen molar-refractivity contribution in [3.05, 3.63) is 28.0 Å². The molecule has 0 aliphatic carbocycles. The topological polar surface area (TPSA) is 49.3 Å². The molecule has 0 bridgehead atoms. The molecule has 0 saturated carbocycles. The van der Waals surface area contributed by atoms with E-state index in [2.05, 4.69) is 5.32 Å². The van der Waals surface area contributed by atoms with Crippen molar-refractivity contribution < 1.29 is 9.90 Å². The molecule has 1 rings (SSSR count). The van der Waals surface area contributed by atoms with Crippen molar-refractivity contribution in [3.63, 3.8) is 0 Å². The minimum Gasteiger partial charge on any atom is -0.391 e. The van der Waals surface area contributed by atoms with Gasteiger partial charge in [0, 0.05) is 22.4 Å². The first-order chi connectivity index (χ1) is 7.99. The Bertz CT molecular complexity index is 396. The standard InChI is InChI=1S/C13H19NO2S/c1-9(2)12(15)8-14-13(16)7-6-11-5-4-10(3)17-11/h4-7,9,12,15H,8H2,1-3H3,(H,14,16)/b7-6+. The molecule has 4 heteroatoms. The normalized spacial score (nSPS) is 13.2. The van der Waals surface area contributed by atoms with Gasteiger partial charge in [-0.3, -0.25) is 4.79 Å². The Labute approximate surface area is 106 Å². The predicted octanol–water partition coefficient (Wildman–Crippen LogP) is 2.20. The van der Waals surface area contributed by atoms with Crippen molar-refractivity contribution in [1.29, 1.82) is 0 Å². The van der Waals surface area contributed by atoms with Gasteiger partial charge >= 0.3 is 0 Å². The summed E-state index contributed by atoms with van der Waals surface area (Å²) in [5, 5.41) is 12.2. The summed E-state index contributed by atoms with van der Waals surface area (Å²) >= 11 is 1.64. The summed E-state index contributed by atoms with van der Waals surface area (Å²) in [7, 11) is 0. The fraction of sp³-hybridized carbons (Fsp3) is 0.462. The van der Waals surface area contributed by atoms with Crippen LogP contribution in [0.3, 0.4) is 0 Å². The Hall–Kier alpha value is -1.13. The second-order valence-electron chi connectivity index (χ2n) is 4.34. The molecular formula is C13H19NO2S. The number of carbonyl (C=O) groups is 1. The zero-order valence-electron chi connectivity index (χ0n) is 10.4. The first-order valence-corrected chi connectivity index (χ1v) is 6.51. The fourth-order valence-corrected chi connectivity index (χ4v) is 1.98. The van der Waals surface area contributed by atoms with Gasteiger partial charge in [0.05, 0.1) is 6.10 Å². The van der Waals surface area contributed by atoms with Crippen molar-refractivity contribution in [3.8, 4) is 0 Å². The largest absolute Gasteiger partial charge is 0.391 e. The van der Waals surface area contributed by atoms with Crippen LogP contribution in [0, 0.1) is 12.8 Å². The van der Waals surface area contributed by atoms with E-state index >= 15 is 0 Å². The van der Waals surface area contributed by atoms with E-state index < -0.39 is 6.10 Å². The molecule has 17 heavy (non-hydrogen) atoms. The van der Waals surface area contributed by atoms with Crippen molar-refractivity contribution in [2.45, 2.75) is 26.9 Å². The summed E-state index contributed by atoms with van der Waals surface area (Å²) < 4.78 is 0. The van der Waals surface area contributed by atoms with Gasteiger partial charge in [-0.1, -0.05) is 13.8 Å². The number of nitrogens with one attached hydrogen (secondary N) is 1. The Kier molecular flexibility index (Phi) is 5.38. The molecule has 1 amide bonds. The highest BCUT2D eigenvalue weighted by Crippen LogP contribution is 2.16. The maximum absolute atomic E-state index is 11.4. The highest BCUT2D eigenvalue weighted by molar-refractivity contribution is 7.12. The summed E-state index contributed by atoms with van der Waals surface area (Å²) in [5.41, 5.74) is 0. The fourth-order valence-electron chi connectivity index (χ4n) is 1.20. The number of aliphatic hydroxyl groups excluding tert-OH is 1. The Morgan fingerprint density at radius 3 is 2.76 bits per heavy atom. The van der Waals surface area contributed by atoms with Crippen molar-refractivity contribution in [2.24, 2.45) is 5.92 Å². The third kappa shape index (κ3) is 5.15. The number of rotatable bonds is 5. The van der Waals surface area contributed by atoms with E-state index in [1.165, 1.54) is 11.0 Å². The number of amides is 1. The van der Waals surface area contributed by atoms with E-state index in [0.717, 1.165) is 4.88 Å². The third-order valence-corrected chi connectivity index (χ3v) is 3.38. The number of thiophene rings is 1. The van der Waals surface area contributed by atoms with Crippen LogP contribution in [0.15, 0.2) is 18.2 Å². The van der Waals surface area contributed by atoms with Gasteiger partial charge in [-0.25, -0.2) is 0 Å².